The SMILES string of the molecule is NC(=O)CCN(NC(=O)C(CC1CCC1)NC(=O)c1cnccn1)C(=O)C(F)Cl. The molecule has 0 radical (unpaired) electrons. The van der Waals surface area contributed by atoms with E-state index in [0.717, 1.165) is 19.3 Å². The van der Waals surface area contributed by atoms with Gasteiger partial charge in [0.1, 0.15) is 11.7 Å². The van der Waals surface area contributed by atoms with Gasteiger partial charge in [-0.25, -0.2) is 14.4 Å². The van der Waals surface area contributed by atoms with Gasteiger partial charge in [0.15, 0.2) is 0 Å². The van der Waals surface area contributed by atoms with Crippen LogP contribution < -0.4 is 16.5 Å². The Kier molecular flexibility index (Phi) is 8.25. The van der Waals surface area contributed by atoms with E-state index in [1.54, 1.807) is 0 Å². The van der Waals surface area contributed by atoms with Crippen LogP contribution in [-0.4, -0.2) is 56.8 Å². The number of rotatable bonds is 9. The molecule has 0 aromatic carbocycles. The van der Waals surface area contributed by atoms with Crippen LogP contribution in [0.5, 0.6) is 0 Å². The molecule has 1 aliphatic carbocycles. The number of hydrazine groups is 1. The van der Waals surface area contributed by atoms with Gasteiger partial charge in [0, 0.05) is 18.8 Å². The summed E-state index contributed by atoms with van der Waals surface area (Å²) >= 11 is 5.17. The first kappa shape index (κ1) is 22.5. The molecule has 0 spiro atoms. The maximum Gasteiger partial charge on any atom is 0.291 e. The maximum atomic E-state index is 13.2. The molecule has 2 unspecified atom stereocenters. The molecule has 1 aromatic heterocycles. The van der Waals surface area contributed by atoms with E-state index >= 15 is 0 Å². The Morgan fingerprint density at radius 3 is 2.55 bits per heavy atom. The highest BCUT2D eigenvalue weighted by molar-refractivity contribution is 6.29. The fraction of sp³-hybridized carbons (Fsp3) is 0.529. The number of alkyl halides is 2. The molecular weight excluding hydrogens is 407 g/mol. The zero-order valence-corrected chi connectivity index (χ0v) is 16.3. The van der Waals surface area contributed by atoms with Crippen LogP contribution in [0.1, 0.15) is 42.6 Å². The van der Waals surface area contributed by atoms with Gasteiger partial charge in [-0.3, -0.25) is 29.6 Å². The second kappa shape index (κ2) is 10.6. The topological polar surface area (TPSA) is 147 Å². The zero-order valence-electron chi connectivity index (χ0n) is 15.5. The monoisotopic (exact) mass is 428 g/mol. The molecule has 12 heteroatoms. The fourth-order valence-corrected chi connectivity index (χ4v) is 2.83. The summed E-state index contributed by atoms with van der Waals surface area (Å²) in [5, 5.41) is 3.15. The summed E-state index contributed by atoms with van der Waals surface area (Å²) in [6.07, 6.45) is 6.84. The lowest BCUT2D eigenvalue weighted by molar-refractivity contribution is -0.144. The largest absolute Gasteiger partial charge is 0.370 e. The number of carbonyl (C=O) groups excluding carboxylic acids is 4. The molecule has 4 amide bonds. The Morgan fingerprint density at radius 1 is 1.31 bits per heavy atom. The lowest BCUT2D eigenvalue weighted by Gasteiger charge is -2.31. The molecule has 1 fully saturated rings. The number of nitrogens with two attached hydrogens (primary N) is 1. The summed E-state index contributed by atoms with van der Waals surface area (Å²) in [5.41, 5.74) is 4.87. The number of carbonyl (C=O) groups is 4. The van der Waals surface area contributed by atoms with E-state index in [4.69, 9.17) is 17.3 Å². The van der Waals surface area contributed by atoms with Crippen LogP contribution in [0.2, 0.25) is 0 Å². The Morgan fingerprint density at radius 2 is 2.03 bits per heavy atom. The predicted octanol–water partition coefficient (Wildman–Crippen LogP) is 0.0348. The quantitative estimate of drug-likeness (QED) is 0.373. The second-order valence-electron chi connectivity index (χ2n) is 6.63. The summed E-state index contributed by atoms with van der Waals surface area (Å²) in [6, 6.07) is -1.01. The molecule has 29 heavy (non-hydrogen) atoms. The molecule has 2 rings (SSSR count). The molecule has 10 nitrogen and oxygen atoms in total. The summed E-state index contributed by atoms with van der Waals surface area (Å²) in [6.45, 7) is -0.360. The van der Waals surface area contributed by atoms with Gasteiger partial charge in [-0.1, -0.05) is 30.9 Å². The number of hydrogen-bond donors (Lipinski definition) is 3. The lowest BCUT2D eigenvalue weighted by atomic mass is 9.80. The molecule has 1 saturated carbocycles. The Bertz CT molecular complexity index is 747. The van der Waals surface area contributed by atoms with Gasteiger partial charge >= 0.3 is 0 Å². The highest BCUT2D eigenvalue weighted by Gasteiger charge is 2.31. The average Bonchev–Trinajstić information content (AvgIpc) is 2.66. The third-order valence-electron chi connectivity index (χ3n) is 4.49. The number of nitrogens with zero attached hydrogens (tertiary/aromatic N) is 3. The van der Waals surface area contributed by atoms with Crippen LogP contribution in [0.3, 0.4) is 0 Å². The molecule has 1 aliphatic rings. The molecular formula is C17H22ClFN6O4. The predicted molar refractivity (Wildman–Crippen MR) is 99.7 cm³/mol. The van der Waals surface area contributed by atoms with Crippen molar-refractivity contribution in [2.45, 2.75) is 43.8 Å². The zero-order chi connectivity index (χ0) is 21.4. The van der Waals surface area contributed by atoms with Gasteiger partial charge < -0.3 is 11.1 Å². The van der Waals surface area contributed by atoms with Crippen molar-refractivity contribution in [3.63, 3.8) is 0 Å². The minimum Gasteiger partial charge on any atom is -0.370 e. The van der Waals surface area contributed by atoms with Gasteiger partial charge in [0.05, 0.1) is 12.7 Å². The van der Waals surface area contributed by atoms with Gasteiger partial charge in [0.2, 0.25) is 5.91 Å². The van der Waals surface area contributed by atoms with E-state index in [1.165, 1.54) is 18.6 Å². The smallest absolute Gasteiger partial charge is 0.291 e. The number of halogens is 2. The van der Waals surface area contributed by atoms with E-state index < -0.39 is 35.3 Å². The molecule has 0 aliphatic heterocycles. The second-order valence-corrected chi connectivity index (χ2v) is 7.02. The summed E-state index contributed by atoms with van der Waals surface area (Å²) in [7, 11) is 0. The van der Waals surface area contributed by atoms with Crippen LogP contribution in [0, 0.1) is 5.92 Å². The number of aromatic nitrogens is 2. The third-order valence-corrected chi connectivity index (χ3v) is 4.68. The third kappa shape index (κ3) is 6.93. The van der Waals surface area contributed by atoms with E-state index in [2.05, 4.69) is 20.7 Å². The van der Waals surface area contributed by atoms with Crippen molar-refractivity contribution in [3.8, 4) is 0 Å². The van der Waals surface area contributed by atoms with Crippen molar-refractivity contribution in [2.24, 2.45) is 11.7 Å². The highest BCUT2D eigenvalue weighted by Crippen LogP contribution is 2.30. The van der Waals surface area contributed by atoms with Crippen LogP contribution in [0.15, 0.2) is 18.6 Å². The molecule has 158 valence electrons. The van der Waals surface area contributed by atoms with Gasteiger partial charge in [-0.2, -0.15) is 0 Å². The first-order chi connectivity index (χ1) is 13.8. The standard InChI is InChI=1S/C17H22ClFN6O4/c18-14(19)17(29)25(7-4-13(20)26)24-16(28)11(8-10-2-1-3-10)23-15(27)12-9-21-5-6-22-12/h5-6,9-11,14H,1-4,7-8H2,(H2,20,26)(H,23,27)(H,24,28). The maximum absolute atomic E-state index is 13.2. The fourth-order valence-electron chi connectivity index (χ4n) is 2.71. The Balaban J connectivity index is 2.10. The van der Waals surface area contributed by atoms with Crippen molar-refractivity contribution in [2.75, 3.05) is 6.54 Å². The van der Waals surface area contributed by atoms with Crippen LogP contribution in [-0.2, 0) is 14.4 Å². The Hall–Kier alpha value is -2.82. The van der Waals surface area contributed by atoms with E-state index in [0.29, 0.717) is 11.4 Å². The summed E-state index contributed by atoms with van der Waals surface area (Å²) < 4.78 is 13.2. The van der Waals surface area contributed by atoms with Crippen molar-refractivity contribution in [1.82, 2.24) is 25.7 Å². The van der Waals surface area contributed by atoms with E-state index in [9.17, 15) is 23.6 Å². The van der Waals surface area contributed by atoms with E-state index in [1.807, 2.05) is 0 Å². The number of amides is 4. The summed E-state index contributed by atoms with van der Waals surface area (Å²) in [4.78, 5) is 55.7. The molecule has 2 atom stereocenters. The molecule has 1 heterocycles. The number of nitrogens with one attached hydrogen (secondary N) is 2. The van der Waals surface area contributed by atoms with E-state index in [-0.39, 0.29) is 24.6 Å². The molecule has 0 bridgehead atoms. The van der Waals surface area contributed by atoms with Crippen molar-refractivity contribution >= 4 is 35.2 Å². The van der Waals surface area contributed by atoms with Gasteiger partial charge in [-0.15, -0.1) is 0 Å². The van der Waals surface area contributed by atoms with Gasteiger partial charge in [-0.05, 0) is 12.3 Å². The minimum absolute atomic E-state index is 0.0187. The normalized spacial score (nSPS) is 15.5. The number of primary amides is 1. The summed E-state index contributed by atoms with van der Waals surface area (Å²) in [5.74, 6) is -3.13. The highest BCUT2D eigenvalue weighted by atomic mass is 35.5. The minimum atomic E-state index is -2.41. The number of hydrogen-bond acceptors (Lipinski definition) is 6. The van der Waals surface area contributed by atoms with Crippen molar-refractivity contribution in [3.05, 3.63) is 24.3 Å². The van der Waals surface area contributed by atoms with Crippen LogP contribution in [0.4, 0.5) is 4.39 Å². The lowest BCUT2D eigenvalue weighted by Crippen LogP contribution is -2.56. The van der Waals surface area contributed by atoms with Crippen LogP contribution in [0.25, 0.3) is 0 Å². The van der Waals surface area contributed by atoms with Crippen molar-refractivity contribution in [1.29, 1.82) is 0 Å². The Labute approximate surface area is 171 Å². The van der Waals surface area contributed by atoms with Crippen molar-refractivity contribution < 1.29 is 23.6 Å². The first-order valence-electron chi connectivity index (χ1n) is 9.03. The van der Waals surface area contributed by atoms with Gasteiger partial charge in [0.25, 0.3) is 23.4 Å². The average molecular weight is 429 g/mol. The molecule has 4 N–H and O–H groups in total. The first-order valence-corrected chi connectivity index (χ1v) is 9.46. The molecule has 0 saturated heterocycles. The molecule has 1 aromatic rings. The van der Waals surface area contributed by atoms with Crippen LogP contribution >= 0.6 is 11.6 Å².